The van der Waals surface area contributed by atoms with Gasteiger partial charge in [-0.1, -0.05) is 0 Å². The Morgan fingerprint density at radius 1 is 1.27 bits per heavy atom. The molecule has 3 N–H and O–H groups in total. The average Bonchev–Trinajstić information content (AvgIpc) is 2.65. The van der Waals surface area contributed by atoms with Crippen molar-refractivity contribution in [2.24, 2.45) is 5.73 Å². The number of carbonyl (C=O) groups is 2. The highest BCUT2D eigenvalue weighted by Crippen LogP contribution is 2.29. The minimum Gasteiger partial charge on any atom is -0.351 e. The number of aryl methyl sites for hydroxylation is 1. The van der Waals surface area contributed by atoms with Crippen molar-refractivity contribution in [1.82, 2.24) is 15.3 Å². The van der Waals surface area contributed by atoms with E-state index in [0.717, 1.165) is 35.1 Å². The summed E-state index contributed by atoms with van der Waals surface area (Å²) in [6.07, 6.45) is 7.06. The molecule has 0 radical (unpaired) electrons. The van der Waals surface area contributed by atoms with E-state index in [0.29, 0.717) is 18.9 Å². The van der Waals surface area contributed by atoms with Gasteiger partial charge in [0.1, 0.15) is 11.6 Å². The van der Waals surface area contributed by atoms with E-state index in [1.807, 2.05) is 19.1 Å². The molecular formula is C19H23N5O2. The van der Waals surface area contributed by atoms with Crippen LogP contribution >= 0.6 is 0 Å². The van der Waals surface area contributed by atoms with E-state index in [2.05, 4.69) is 15.3 Å². The fourth-order valence-corrected chi connectivity index (χ4v) is 3.10. The maximum absolute atomic E-state index is 11.6. The average molecular weight is 353 g/mol. The maximum Gasteiger partial charge on any atom is 0.320 e. The van der Waals surface area contributed by atoms with E-state index in [-0.39, 0.29) is 11.8 Å². The minimum atomic E-state index is -0.472. The Kier molecular flexibility index (Phi) is 5.27. The van der Waals surface area contributed by atoms with Crippen LogP contribution in [0.15, 0.2) is 30.7 Å². The van der Waals surface area contributed by atoms with Gasteiger partial charge in [0.25, 0.3) is 0 Å². The molecule has 0 aromatic carbocycles. The molecule has 7 heteroatoms. The molecule has 3 rings (SSSR count). The molecule has 0 saturated heterocycles. The van der Waals surface area contributed by atoms with Crippen LogP contribution in [0.4, 0.5) is 10.6 Å². The van der Waals surface area contributed by atoms with E-state index in [9.17, 15) is 9.59 Å². The van der Waals surface area contributed by atoms with Gasteiger partial charge in [-0.05, 0) is 49.9 Å². The van der Waals surface area contributed by atoms with Gasteiger partial charge in [0, 0.05) is 42.3 Å². The molecule has 26 heavy (non-hydrogen) atoms. The topological polar surface area (TPSA) is 101 Å². The zero-order valence-corrected chi connectivity index (χ0v) is 15.0. The van der Waals surface area contributed by atoms with Crippen LogP contribution in [0.5, 0.6) is 0 Å². The first kappa shape index (κ1) is 18.0. The number of hydrogen-bond donors (Lipinski definition) is 2. The number of fused-ring (bicyclic) bond motifs is 1. The minimum absolute atomic E-state index is 0.0160. The van der Waals surface area contributed by atoms with E-state index in [1.54, 1.807) is 25.5 Å². The summed E-state index contributed by atoms with van der Waals surface area (Å²) in [5, 5.41) is 3.18. The van der Waals surface area contributed by atoms with E-state index < -0.39 is 6.03 Å². The molecule has 2 aromatic rings. The molecule has 2 amide bonds. The molecule has 0 aliphatic carbocycles. The molecule has 0 saturated carbocycles. The van der Waals surface area contributed by atoms with Crippen molar-refractivity contribution >= 4 is 17.6 Å². The van der Waals surface area contributed by atoms with Gasteiger partial charge in [-0.25, -0.2) is 9.78 Å². The van der Waals surface area contributed by atoms with Crippen molar-refractivity contribution in [3.05, 3.63) is 41.9 Å². The molecule has 1 aliphatic heterocycles. The first-order chi connectivity index (χ1) is 12.5. The van der Waals surface area contributed by atoms with E-state index >= 15 is 0 Å². The van der Waals surface area contributed by atoms with Gasteiger partial charge in [-0.2, -0.15) is 0 Å². The molecule has 0 bridgehead atoms. The molecule has 136 valence electrons. The second-order valence-electron chi connectivity index (χ2n) is 6.61. The molecule has 1 atom stereocenters. The summed E-state index contributed by atoms with van der Waals surface area (Å²) >= 11 is 0. The van der Waals surface area contributed by atoms with Crippen molar-refractivity contribution in [2.45, 2.75) is 32.7 Å². The third kappa shape index (κ3) is 3.88. The predicted octanol–water partition coefficient (Wildman–Crippen LogP) is 2.21. The van der Waals surface area contributed by atoms with E-state index in [1.165, 1.54) is 4.90 Å². The van der Waals surface area contributed by atoms with Crippen molar-refractivity contribution < 1.29 is 9.59 Å². The summed E-state index contributed by atoms with van der Waals surface area (Å²) in [6, 6.07) is 3.64. The van der Waals surface area contributed by atoms with Gasteiger partial charge in [-0.3, -0.25) is 14.7 Å². The number of pyridine rings is 2. The van der Waals surface area contributed by atoms with Crippen LogP contribution in [-0.4, -0.2) is 34.9 Å². The lowest BCUT2D eigenvalue weighted by molar-refractivity contribution is -0.116. The van der Waals surface area contributed by atoms with Crippen LogP contribution in [0.25, 0.3) is 11.1 Å². The summed E-state index contributed by atoms with van der Waals surface area (Å²) in [5.74, 6) is 0.743. The highest BCUT2D eigenvalue weighted by atomic mass is 16.2. The molecule has 0 unspecified atom stereocenters. The summed E-state index contributed by atoms with van der Waals surface area (Å²) < 4.78 is 0. The van der Waals surface area contributed by atoms with Gasteiger partial charge >= 0.3 is 6.03 Å². The number of Topliss-reactive ketones (excluding diaryl/α,β-unsaturated/α-hetero) is 1. The lowest BCUT2D eigenvalue weighted by Gasteiger charge is -2.27. The fraction of sp³-hybridized carbons (Fsp3) is 0.368. The molecule has 7 nitrogen and oxygen atoms in total. The van der Waals surface area contributed by atoms with Gasteiger partial charge < -0.3 is 11.1 Å². The van der Waals surface area contributed by atoms with Gasteiger partial charge in [0.15, 0.2) is 0 Å². The Bertz CT molecular complexity index is 836. The standard InChI is InChI=1S/C19H23N5O2/c1-12(25)8-22-13(2)15-7-16(10-21-9-15)17-6-14-4-3-5-24(19(20)26)18(14)23-11-17/h6-7,9-11,13,22H,3-5,8H2,1-2H3,(H2,20,26)/t13-/m0/s1. The number of nitrogens with two attached hydrogens (primary N) is 1. The number of carbonyl (C=O) groups excluding carboxylic acids is 2. The molecule has 0 fully saturated rings. The number of hydrogen-bond acceptors (Lipinski definition) is 5. The summed E-state index contributed by atoms with van der Waals surface area (Å²) in [5.41, 5.74) is 9.35. The van der Waals surface area contributed by atoms with Crippen LogP contribution in [0, 0.1) is 0 Å². The van der Waals surface area contributed by atoms with Crippen molar-refractivity contribution in [3.63, 3.8) is 0 Å². The third-order valence-electron chi connectivity index (χ3n) is 4.54. The molecule has 3 heterocycles. The first-order valence-electron chi connectivity index (χ1n) is 8.69. The largest absolute Gasteiger partial charge is 0.351 e. The highest BCUT2D eigenvalue weighted by Gasteiger charge is 2.22. The van der Waals surface area contributed by atoms with Crippen molar-refractivity contribution in [1.29, 1.82) is 0 Å². The Morgan fingerprint density at radius 2 is 2.04 bits per heavy atom. The predicted molar refractivity (Wildman–Crippen MR) is 99.8 cm³/mol. The SMILES string of the molecule is CC(=O)CN[C@@H](C)c1cncc(-c2cnc3c(c2)CCCN3C(N)=O)c1. The second kappa shape index (κ2) is 7.61. The van der Waals surface area contributed by atoms with Crippen molar-refractivity contribution in [2.75, 3.05) is 18.0 Å². The molecule has 1 aliphatic rings. The van der Waals surface area contributed by atoms with Gasteiger partial charge in [-0.15, -0.1) is 0 Å². The Hall–Kier alpha value is -2.80. The fourth-order valence-electron chi connectivity index (χ4n) is 3.10. The zero-order chi connectivity index (χ0) is 18.7. The highest BCUT2D eigenvalue weighted by molar-refractivity contribution is 5.91. The number of ketones is 1. The molecular weight excluding hydrogens is 330 g/mol. The first-order valence-corrected chi connectivity index (χ1v) is 8.69. The number of amides is 2. The Labute approximate surface area is 152 Å². The van der Waals surface area contributed by atoms with Crippen LogP contribution in [0.3, 0.4) is 0 Å². The second-order valence-corrected chi connectivity index (χ2v) is 6.61. The van der Waals surface area contributed by atoms with Crippen molar-refractivity contribution in [3.8, 4) is 11.1 Å². The summed E-state index contributed by atoms with van der Waals surface area (Å²) in [6.45, 7) is 4.49. The maximum atomic E-state index is 11.6. The van der Waals surface area contributed by atoms with Crippen LogP contribution in [0.1, 0.15) is 37.4 Å². The Balaban J connectivity index is 1.87. The molecule has 2 aromatic heterocycles. The normalized spacial score (nSPS) is 14.6. The number of aromatic nitrogens is 2. The monoisotopic (exact) mass is 353 g/mol. The zero-order valence-electron chi connectivity index (χ0n) is 15.0. The van der Waals surface area contributed by atoms with Crippen LogP contribution < -0.4 is 16.0 Å². The van der Waals surface area contributed by atoms with E-state index in [4.69, 9.17) is 5.73 Å². The number of anilines is 1. The number of nitrogens with one attached hydrogen (secondary N) is 1. The summed E-state index contributed by atoms with van der Waals surface area (Å²) in [4.78, 5) is 33.0. The number of rotatable bonds is 5. The quantitative estimate of drug-likeness (QED) is 0.858. The van der Waals surface area contributed by atoms with Crippen LogP contribution in [0.2, 0.25) is 0 Å². The van der Waals surface area contributed by atoms with Crippen LogP contribution in [-0.2, 0) is 11.2 Å². The lowest BCUT2D eigenvalue weighted by Crippen LogP contribution is -2.40. The smallest absolute Gasteiger partial charge is 0.320 e. The lowest BCUT2D eigenvalue weighted by atomic mass is 9.99. The van der Waals surface area contributed by atoms with Gasteiger partial charge in [0.05, 0.1) is 6.54 Å². The number of nitrogens with zero attached hydrogens (tertiary/aromatic N) is 3. The Morgan fingerprint density at radius 3 is 2.77 bits per heavy atom. The molecule has 0 spiro atoms. The number of urea groups is 1. The number of primary amides is 1. The van der Waals surface area contributed by atoms with Gasteiger partial charge in [0.2, 0.25) is 0 Å². The third-order valence-corrected chi connectivity index (χ3v) is 4.54. The summed E-state index contributed by atoms with van der Waals surface area (Å²) in [7, 11) is 0.